The van der Waals surface area contributed by atoms with Crippen LogP contribution in [0.5, 0.6) is 5.75 Å². The minimum Gasteiger partial charge on any atom is -0.489 e. The molecule has 2 unspecified atom stereocenters. The van der Waals surface area contributed by atoms with E-state index in [1.54, 1.807) is 7.11 Å². The first-order chi connectivity index (χ1) is 15.0. The molecule has 2 heterocycles. The maximum absolute atomic E-state index is 14.2. The van der Waals surface area contributed by atoms with Crippen molar-refractivity contribution in [1.82, 2.24) is 9.55 Å². The fourth-order valence-electron chi connectivity index (χ4n) is 3.95. The van der Waals surface area contributed by atoms with E-state index in [1.807, 2.05) is 42.7 Å². The quantitative estimate of drug-likeness (QED) is 0.497. The molecule has 1 fully saturated rings. The zero-order valence-electron chi connectivity index (χ0n) is 18.3. The summed E-state index contributed by atoms with van der Waals surface area (Å²) in [4.78, 5) is 4.44. The van der Waals surface area contributed by atoms with Gasteiger partial charge in [-0.05, 0) is 41.8 Å². The van der Waals surface area contributed by atoms with Crippen LogP contribution in [0, 0.1) is 5.82 Å². The summed E-state index contributed by atoms with van der Waals surface area (Å²) in [6.07, 6.45) is 5.32. The predicted octanol–water partition coefficient (Wildman–Crippen LogP) is 5.58. The molecular weight excluding hydrogens is 395 g/mol. The second-order valence-corrected chi connectivity index (χ2v) is 8.23. The number of hydrogen-bond acceptors (Lipinski definition) is 4. The van der Waals surface area contributed by atoms with Crippen LogP contribution in [0.3, 0.4) is 0 Å². The van der Waals surface area contributed by atoms with Crippen molar-refractivity contribution in [3.63, 3.8) is 0 Å². The third kappa shape index (κ3) is 5.14. The van der Waals surface area contributed by atoms with Gasteiger partial charge in [-0.2, -0.15) is 0 Å². The molecule has 1 saturated heterocycles. The lowest BCUT2D eigenvalue weighted by molar-refractivity contribution is -0.0600. The normalized spacial score (nSPS) is 19.0. The third-order valence-corrected chi connectivity index (χ3v) is 5.64. The number of halogens is 1. The lowest BCUT2D eigenvalue weighted by Crippen LogP contribution is -2.25. The van der Waals surface area contributed by atoms with Gasteiger partial charge in [0, 0.05) is 50.2 Å². The molecule has 0 saturated carbocycles. The third-order valence-electron chi connectivity index (χ3n) is 5.64. The lowest BCUT2D eigenvalue weighted by Gasteiger charge is -2.29. The Hall–Kier alpha value is -2.70. The van der Waals surface area contributed by atoms with Gasteiger partial charge in [0.1, 0.15) is 24.0 Å². The van der Waals surface area contributed by atoms with Crippen LogP contribution in [0.1, 0.15) is 55.7 Å². The number of methoxy groups -OCH3 is 1. The largest absolute Gasteiger partial charge is 0.489 e. The lowest BCUT2D eigenvalue weighted by atomic mass is 9.99. The number of hydrogen-bond donors (Lipinski definition) is 0. The Balaban J connectivity index is 1.43. The van der Waals surface area contributed by atoms with Gasteiger partial charge in [0.15, 0.2) is 0 Å². The van der Waals surface area contributed by atoms with E-state index in [1.165, 1.54) is 12.1 Å². The van der Waals surface area contributed by atoms with E-state index in [2.05, 4.69) is 23.4 Å². The molecule has 5 nitrogen and oxygen atoms in total. The molecule has 0 bridgehead atoms. The van der Waals surface area contributed by atoms with Crippen LogP contribution in [0.25, 0.3) is 5.69 Å². The zero-order valence-corrected chi connectivity index (χ0v) is 18.3. The second-order valence-electron chi connectivity index (χ2n) is 8.23. The van der Waals surface area contributed by atoms with E-state index >= 15 is 0 Å². The van der Waals surface area contributed by atoms with E-state index in [0.717, 1.165) is 29.1 Å². The van der Waals surface area contributed by atoms with Gasteiger partial charge in [-0.1, -0.05) is 26.0 Å². The van der Waals surface area contributed by atoms with E-state index in [4.69, 9.17) is 14.2 Å². The number of ether oxygens (including phenoxy) is 3. The molecule has 0 spiro atoms. The highest BCUT2D eigenvalue weighted by Crippen LogP contribution is 2.32. The Morgan fingerprint density at radius 3 is 2.74 bits per heavy atom. The topological polar surface area (TPSA) is 45.5 Å². The Morgan fingerprint density at radius 2 is 2.00 bits per heavy atom. The van der Waals surface area contributed by atoms with Gasteiger partial charge < -0.3 is 18.8 Å². The van der Waals surface area contributed by atoms with Gasteiger partial charge in [0.2, 0.25) is 0 Å². The highest BCUT2D eigenvalue weighted by molar-refractivity contribution is 5.37. The molecular formula is C25H29FN2O3. The Labute approximate surface area is 182 Å². The standard InChI is InChI=1S/C25H29FN2O3/c1-17(2)25-27-9-10-28(25)21-6-4-18(5-7-21)16-31-23-13-19(12-20(26)14-23)24-15-22(29-3)8-11-30-24/h4-7,9-10,12-14,17,22,24H,8,11,15-16H2,1-3H3. The summed E-state index contributed by atoms with van der Waals surface area (Å²) in [7, 11) is 1.70. The summed E-state index contributed by atoms with van der Waals surface area (Å²) in [6, 6.07) is 12.9. The van der Waals surface area contributed by atoms with Gasteiger partial charge in [-0.25, -0.2) is 9.37 Å². The summed E-state index contributed by atoms with van der Waals surface area (Å²) in [5, 5.41) is 0. The molecule has 2 aromatic carbocycles. The van der Waals surface area contributed by atoms with Crippen molar-refractivity contribution in [3.05, 3.63) is 77.6 Å². The van der Waals surface area contributed by atoms with Crippen LogP contribution in [-0.4, -0.2) is 29.4 Å². The SMILES string of the molecule is COC1CCOC(c2cc(F)cc(OCc3ccc(-n4ccnc4C(C)C)cc3)c2)C1. The summed E-state index contributed by atoms with van der Waals surface area (Å²) < 4.78 is 33.5. The highest BCUT2D eigenvalue weighted by atomic mass is 19.1. The van der Waals surface area contributed by atoms with Gasteiger partial charge in [0.05, 0.1) is 12.2 Å². The second kappa shape index (κ2) is 9.62. The molecule has 1 aliphatic rings. The number of nitrogens with zero attached hydrogens (tertiary/aromatic N) is 2. The van der Waals surface area contributed by atoms with Gasteiger partial charge in [-0.3, -0.25) is 0 Å². The summed E-state index contributed by atoms with van der Waals surface area (Å²) in [6.45, 7) is 5.22. The van der Waals surface area contributed by atoms with Gasteiger partial charge in [0.25, 0.3) is 0 Å². The van der Waals surface area contributed by atoms with Crippen molar-refractivity contribution in [2.75, 3.05) is 13.7 Å². The first-order valence-corrected chi connectivity index (χ1v) is 10.7. The van der Waals surface area contributed by atoms with Crippen molar-refractivity contribution in [2.24, 2.45) is 0 Å². The number of benzene rings is 2. The Morgan fingerprint density at radius 1 is 1.19 bits per heavy atom. The minimum atomic E-state index is -0.327. The molecule has 4 rings (SSSR count). The monoisotopic (exact) mass is 424 g/mol. The fraction of sp³-hybridized carbons (Fsp3) is 0.400. The summed E-state index contributed by atoms with van der Waals surface area (Å²) in [5.74, 6) is 1.54. The minimum absolute atomic E-state index is 0.136. The first-order valence-electron chi connectivity index (χ1n) is 10.7. The summed E-state index contributed by atoms with van der Waals surface area (Å²) in [5.41, 5.74) is 2.85. The Kier molecular flexibility index (Phi) is 6.68. The van der Waals surface area contributed by atoms with E-state index < -0.39 is 0 Å². The molecule has 164 valence electrons. The van der Waals surface area contributed by atoms with Crippen molar-refractivity contribution in [1.29, 1.82) is 0 Å². The van der Waals surface area contributed by atoms with Gasteiger partial charge in [-0.15, -0.1) is 0 Å². The van der Waals surface area contributed by atoms with Crippen LogP contribution in [0.4, 0.5) is 4.39 Å². The molecule has 2 atom stereocenters. The van der Waals surface area contributed by atoms with Crippen molar-refractivity contribution >= 4 is 0 Å². The Bertz CT molecular complexity index is 1000. The smallest absolute Gasteiger partial charge is 0.127 e. The van der Waals surface area contributed by atoms with E-state index in [-0.39, 0.29) is 18.0 Å². The first kappa shape index (κ1) is 21.5. The van der Waals surface area contributed by atoms with Crippen LogP contribution >= 0.6 is 0 Å². The number of imidazole rings is 1. The number of rotatable bonds is 7. The maximum Gasteiger partial charge on any atom is 0.127 e. The number of aromatic nitrogens is 2. The molecule has 0 N–H and O–H groups in total. The molecule has 1 aromatic heterocycles. The molecule has 3 aromatic rings. The van der Waals surface area contributed by atoms with E-state index in [0.29, 0.717) is 31.3 Å². The maximum atomic E-state index is 14.2. The molecule has 0 aliphatic carbocycles. The molecule has 0 radical (unpaired) electrons. The molecule has 1 aliphatic heterocycles. The average Bonchev–Trinajstić information content (AvgIpc) is 3.28. The molecule has 6 heteroatoms. The van der Waals surface area contributed by atoms with Gasteiger partial charge >= 0.3 is 0 Å². The fourth-order valence-corrected chi connectivity index (χ4v) is 3.95. The van der Waals surface area contributed by atoms with Crippen LogP contribution in [0.2, 0.25) is 0 Å². The molecule has 0 amide bonds. The average molecular weight is 425 g/mol. The highest BCUT2D eigenvalue weighted by Gasteiger charge is 2.24. The zero-order chi connectivity index (χ0) is 21.8. The molecule has 31 heavy (non-hydrogen) atoms. The van der Waals surface area contributed by atoms with E-state index in [9.17, 15) is 4.39 Å². The predicted molar refractivity (Wildman–Crippen MR) is 117 cm³/mol. The van der Waals surface area contributed by atoms with Crippen LogP contribution in [0.15, 0.2) is 54.9 Å². The van der Waals surface area contributed by atoms with Crippen LogP contribution < -0.4 is 4.74 Å². The van der Waals surface area contributed by atoms with Crippen molar-refractivity contribution in [2.45, 2.75) is 51.4 Å². The van der Waals surface area contributed by atoms with Crippen molar-refractivity contribution < 1.29 is 18.6 Å². The summed E-state index contributed by atoms with van der Waals surface area (Å²) >= 11 is 0. The van der Waals surface area contributed by atoms with Crippen LogP contribution in [-0.2, 0) is 16.1 Å². The van der Waals surface area contributed by atoms with Crippen molar-refractivity contribution in [3.8, 4) is 11.4 Å².